The average Bonchev–Trinajstić information content (AvgIpc) is 2.79. The summed E-state index contributed by atoms with van der Waals surface area (Å²) >= 11 is 6.46. The van der Waals surface area contributed by atoms with E-state index in [1.54, 1.807) is 0 Å². The highest BCUT2D eigenvalue weighted by atomic mass is 35.5. The molecule has 1 aromatic carbocycles. The van der Waals surface area contributed by atoms with Gasteiger partial charge in [-0.2, -0.15) is 0 Å². The lowest BCUT2D eigenvalue weighted by atomic mass is 10.2. The zero-order valence-electron chi connectivity index (χ0n) is 8.83. The Hall–Kier alpha value is -1.34. The van der Waals surface area contributed by atoms with Crippen molar-refractivity contribution in [2.24, 2.45) is 0 Å². The number of hydrogen-bond acceptors (Lipinski definition) is 4. The average molecular weight is 294 g/mol. The zero-order chi connectivity index (χ0) is 13.1. The second-order valence-electron chi connectivity index (χ2n) is 3.34. The van der Waals surface area contributed by atoms with E-state index in [2.05, 4.69) is 15.5 Å². The van der Waals surface area contributed by atoms with Crippen LogP contribution in [0.1, 0.15) is 17.0 Å². The van der Waals surface area contributed by atoms with Crippen LogP contribution in [0.2, 0.25) is 5.02 Å². The summed E-state index contributed by atoms with van der Waals surface area (Å²) in [6.45, 7) is 0.101. The molecule has 1 N–H and O–H groups in total. The van der Waals surface area contributed by atoms with Gasteiger partial charge < -0.3 is 5.32 Å². The molecular weight excluding hydrogens is 287 g/mol. The number of halogens is 4. The van der Waals surface area contributed by atoms with Crippen molar-refractivity contribution in [1.82, 2.24) is 10.2 Å². The van der Waals surface area contributed by atoms with Gasteiger partial charge in [-0.3, -0.25) is 0 Å². The summed E-state index contributed by atoms with van der Waals surface area (Å²) in [4.78, 5) is 0. The number of hydrogen-bond donors (Lipinski definition) is 1. The maximum atomic E-state index is 13.4. The van der Waals surface area contributed by atoms with Crippen molar-refractivity contribution in [3.8, 4) is 0 Å². The number of nitrogens with zero attached hydrogens (tertiary/aromatic N) is 2. The molecule has 0 spiro atoms. The maximum Gasteiger partial charge on any atom is 0.291 e. The van der Waals surface area contributed by atoms with Crippen LogP contribution < -0.4 is 5.32 Å². The van der Waals surface area contributed by atoms with Crippen molar-refractivity contribution in [1.29, 1.82) is 0 Å². The minimum Gasteiger partial charge on any atom is -0.356 e. The lowest BCUT2D eigenvalue weighted by molar-refractivity contribution is 0.150. The van der Waals surface area contributed by atoms with Gasteiger partial charge in [0.05, 0.1) is 0 Å². The van der Waals surface area contributed by atoms with Crippen molar-refractivity contribution in [2.75, 3.05) is 5.32 Å². The number of alkyl halides is 2. The van der Waals surface area contributed by atoms with Crippen LogP contribution in [0.4, 0.5) is 18.3 Å². The van der Waals surface area contributed by atoms with Crippen LogP contribution in [0.3, 0.4) is 0 Å². The standard InChI is InChI=1S/C10H7ClF3N3S/c11-6-1-2-7(12)5(3-6)4-15-10-17-16-9(18-10)8(13)14/h1-3,8H,4H2,(H,15,17). The fraction of sp³-hybridized carbons (Fsp3) is 0.200. The molecule has 0 fully saturated rings. The van der Waals surface area contributed by atoms with E-state index in [9.17, 15) is 13.2 Å². The highest BCUT2D eigenvalue weighted by molar-refractivity contribution is 7.15. The Bertz CT molecular complexity index is 547. The molecule has 18 heavy (non-hydrogen) atoms. The number of rotatable bonds is 4. The SMILES string of the molecule is Fc1ccc(Cl)cc1CNc1nnc(C(F)F)s1. The lowest BCUT2D eigenvalue weighted by Gasteiger charge is -2.04. The normalized spacial score (nSPS) is 10.9. The van der Waals surface area contributed by atoms with Gasteiger partial charge in [-0.05, 0) is 18.2 Å². The molecule has 0 bridgehead atoms. The molecule has 96 valence electrons. The largest absolute Gasteiger partial charge is 0.356 e. The van der Waals surface area contributed by atoms with E-state index in [1.165, 1.54) is 18.2 Å². The van der Waals surface area contributed by atoms with Gasteiger partial charge in [-0.25, -0.2) is 13.2 Å². The fourth-order valence-electron chi connectivity index (χ4n) is 1.24. The topological polar surface area (TPSA) is 37.8 Å². The van der Waals surface area contributed by atoms with Crippen LogP contribution in [-0.2, 0) is 6.54 Å². The lowest BCUT2D eigenvalue weighted by Crippen LogP contribution is -2.01. The molecule has 0 aliphatic rings. The van der Waals surface area contributed by atoms with Crippen LogP contribution in [0.5, 0.6) is 0 Å². The van der Waals surface area contributed by atoms with Crippen LogP contribution >= 0.6 is 22.9 Å². The van der Waals surface area contributed by atoms with E-state index in [-0.39, 0.29) is 16.7 Å². The second-order valence-corrected chi connectivity index (χ2v) is 4.78. The molecule has 0 aliphatic heterocycles. The smallest absolute Gasteiger partial charge is 0.291 e. The minimum absolute atomic E-state index is 0.101. The number of nitrogens with one attached hydrogen (secondary N) is 1. The predicted octanol–water partition coefficient (Wildman–Crippen LogP) is 3.88. The predicted molar refractivity (Wildman–Crippen MR) is 63.6 cm³/mol. The summed E-state index contributed by atoms with van der Waals surface area (Å²) in [5, 5.41) is 9.79. The van der Waals surface area contributed by atoms with Crippen molar-refractivity contribution >= 4 is 28.1 Å². The summed E-state index contributed by atoms with van der Waals surface area (Å²) in [5.74, 6) is -0.425. The molecule has 1 heterocycles. The molecule has 8 heteroatoms. The molecule has 0 atom stereocenters. The molecule has 0 aliphatic carbocycles. The molecule has 2 aromatic rings. The van der Waals surface area contributed by atoms with Gasteiger partial charge in [0.15, 0.2) is 5.01 Å². The first-order valence-corrected chi connectivity index (χ1v) is 6.05. The van der Waals surface area contributed by atoms with E-state index in [4.69, 9.17) is 11.6 Å². The Kier molecular flexibility index (Phi) is 4.03. The van der Waals surface area contributed by atoms with Crippen LogP contribution in [0.15, 0.2) is 18.2 Å². The third-order valence-electron chi connectivity index (χ3n) is 2.07. The van der Waals surface area contributed by atoms with E-state index < -0.39 is 12.2 Å². The summed E-state index contributed by atoms with van der Waals surface area (Å²) in [6, 6.07) is 4.13. The minimum atomic E-state index is -2.65. The molecule has 0 unspecified atom stereocenters. The third kappa shape index (κ3) is 3.11. The second kappa shape index (κ2) is 5.53. The first-order chi connectivity index (χ1) is 8.56. The molecule has 0 saturated heterocycles. The summed E-state index contributed by atoms with van der Waals surface area (Å²) < 4.78 is 37.9. The highest BCUT2D eigenvalue weighted by Gasteiger charge is 2.14. The molecular formula is C10H7ClF3N3S. The molecule has 1 aromatic heterocycles. The number of benzene rings is 1. The summed E-state index contributed by atoms with van der Waals surface area (Å²) in [6.07, 6.45) is -2.65. The molecule has 0 saturated carbocycles. The van der Waals surface area contributed by atoms with Crippen LogP contribution in [0, 0.1) is 5.82 Å². The summed E-state index contributed by atoms with van der Waals surface area (Å²) in [5.41, 5.74) is 0.330. The fourth-order valence-corrected chi connectivity index (χ4v) is 2.03. The first-order valence-electron chi connectivity index (χ1n) is 4.85. The molecule has 3 nitrogen and oxygen atoms in total. The van der Waals surface area contributed by atoms with Gasteiger partial charge in [0.25, 0.3) is 6.43 Å². The highest BCUT2D eigenvalue weighted by Crippen LogP contribution is 2.25. The monoisotopic (exact) mass is 293 g/mol. The van der Waals surface area contributed by atoms with E-state index in [0.717, 1.165) is 11.3 Å². The van der Waals surface area contributed by atoms with Crippen molar-refractivity contribution in [3.63, 3.8) is 0 Å². The molecule has 0 amide bonds. The Balaban J connectivity index is 2.04. The van der Waals surface area contributed by atoms with Crippen molar-refractivity contribution < 1.29 is 13.2 Å². The van der Waals surface area contributed by atoms with Gasteiger partial charge in [0.2, 0.25) is 5.13 Å². The van der Waals surface area contributed by atoms with Gasteiger partial charge in [-0.15, -0.1) is 10.2 Å². The van der Waals surface area contributed by atoms with Gasteiger partial charge in [0.1, 0.15) is 5.82 Å². The molecule has 2 rings (SSSR count). The van der Waals surface area contributed by atoms with Gasteiger partial charge in [0, 0.05) is 17.1 Å². The van der Waals surface area contributed by atoms with Crippen molar-refractivity contribution in [2.45, 2.75) is 13.0 Å². The number of aromatic nitrogens is 2. The first kappa shape index (κ1) is 13.1. The van der Waals surface area contributed by atoms with Gasteiger partial charge in [-0.1, -0.05) is 22.9 Å². The van der Waals surface area contributed by atoms with Gasteiger partial charge >= 0.3 is 0 Å². The Morgan fingerprint density at radius 1 is 1.33 bits per heavy atom. The zero-order valence-corrected chi connectivity index (χ0v) is 10.4. The van der Waals surface area contributed by atoms with Crippen molar-refractivity contribution in [3.05, 3.63) is 39.6 Å². The Morgan fingerprint density at radius 3 is 2.78 bits per heavy atom. The Labute approximate surface area is 110 Å². The quantitative estimate of drug-likeness (QED) is 0.929. The summed E-state index contributed by atoms with van der Waals surface area (Å²) in [7, 11) is 0. The van der Waals surface area contributed by atoms with Crippen LogP contribution in [-0.4, -0.2) is 10.2 Å². The Morgan fingerprint density at radius 2 is 2.11 bits per heavy atom. The van der Waals surface area contributed by atoms with Crippen LogP contribution in [0.25, 0.3) is 0 Å². The van der Waals surface area contributed by atoms with E-state index in [0.29, 0.717) is 10.6 Å². The number of anilines is 1. The molecule has 0 radical (unpaired) electrons. The maximum absolute atomic E-state index is 13.4. The third-order valence-corrected chi connectivity index (χ3v) is 3.19. The van der Waals surface area contributed by atoms with E-state index >= 15 is 0 Å². The van der Waals surface area contributed by atoms with E-state index in [1.807, 2.05) is 0 Å².